The second kappa shape index (κ2) is 8.95. The molecule has 1 amide bonds. The Kier molecular flexibility index (Phi) is 6.48. The second-order valence-corrected chi connectivity index (χ2v) is 10.2. The molecule has 0 atom stereocenters. The lowest BCUT2D eigenvalue weighted by Gasteiger charge is -2.47. The van der Waals surface area contributed by atoms with Crippen LogP contribution in [0.2, 0.25) is 10.0 Å². The Bertz CT molecular complexity index is 1180. The van der Waals surface area contributed by atoms with Crippen molar-refractivity contribution in [3.05, 3.63) is 74.5 Å². The van der Waals surface area contributed by atoms with Crippen LogP contribution in [0.15, 0.2) is 36.4 Å². The second-order valence-electron chi connectivity index (χ2n) is 9.41. The molecule has 34 heavy (non-hydrogen) atoms. The number of nitrogens with zero attached hydrogens (tertiary/aromatic N) is 1. The Balaban J connectivity index is 1.52. The Labute approximate surface area is 206 Å². The van der Waals surface area contributed by atoms with Crippen LogP contribution < -0.4 is 0 Å². The monoisotopic (exact) mass is 509 g/mol. The van der Waals surface area contributed by atoms with E-state index in [9.17, 15) is 18.4 Å². The molecule has 2 heterocycles. The normalized spacial score (nSPS) is 16.9. The lowest BCUT2D eigenvalue weighted by Crippen LogP contribution is -2.61. The molecule has 4 rings (SSSR count). The zero-order valence-corrected chi connectivity index (χ0v) is 20.4. The van der Waals surface area contributed by atoms with Crippen molar-refractivity contribution >= 4 is 40.7 Å². The van der Waals surface area contributed by atoms with Crippen LogP contribution in [0.3, 0.4) is 0 Å². The number of amides is 1. The predicted molar refractivity (Wildman–Crippen MR) is 125 cm³/mol. The summed E-state index contributed by atoms with van der Waals surface area (Å²) in [5, 5.41) is -0.509. The van der Waals surface area contributed by atoms with Gasteiger partial charge in [0, 0.05) is 5.56 Å². The zero-order valence-electron chi connectivity index (χ0n) is 18.9. The summed E-state index contributed by atoms with van der Waals surface area (Å²) >= 11 is 11.6. The number of carbonyl (C=O) groups excluding carboxylic acids is 2. The lowest BCUT2D eigenvalue weighted by molar-refractivity contribution is -0.137. The molecule has 2 aliphatic rings. The summed E-state index contributed by atoms with van der Waals surface area (Å²) in [6.07, 6.45) is 0.757. The maximum Gasteiger partial charge on any atom is 0.410 e. The number of rotatable bonds is 4. The van der Waals surface area contributed by atoms with E-state index in [2.05, 4.69) is 0 Å². The molecule has 0 aliphatic carbocycles. The van der Waals surface area contributed by atoms with Gasteiger partial charge in [-0.25, -0.2) is 13.6 Å². The summed E-state index contributed by atoms with van der Waals surface area (Å²) < 4.78 is 38.8. The summed E-state index contributed by atoms with van der Waals surface area (Å²) in [5.41, 5.74) is 1.16. The van der Waals surface area contributed by atoms with E-state index in [4.69, 9.17) is 32.7 Å². The number of benzene rings is 2. The Hall–Kier alpha value is -2.48. The van der Waals surface area contributed by atoms with Crippen LogP contribution >= 0.6 is 23.2 Å². The van der Waals surface area contributed by atoms with Gasteiger partial charge >= 0.3 is 6.09 Å². The highest BCUT2D eigenvalue weighted by molar-refractivity contribution is 6.35. The van der Waals surface area contributed by atoms with E-state index in [1.165, 1.54) is 12.1 Å². The molecule has 2 aromatic carbocycles. The summed E-state index contributed by atoms with van der Waals surface area (Å²) in [6, 6.07) is 7.62. The van der Waals surface area contributed by atoms with Crippen LogP contribution in [0.4, 0.5) is 13.6 Å². The van der Waals surface area contributed by atoms with Crippen molar-refractivity contribution in [1.82, 2.24) is 4.90 Å². The third-order valence-corrected chi connectivity index (χ3v) is 6.28. The molecule has 0 N–H and O–H groups in total. The van der Waals surface area contributed by atoms with E-state index in [-0.39, 0.29) is 21.2 Å². The van der Waals surface area contributed by atoms with Crippen LogP contribution in [-0.2, 0) is 21.7 Å². The van der Waals surface area contributed by atoms with Crippen molar-refractivity contribution in [3.8, 4) is 0 Å². The van der Waals surface area contributed by atoms with Gasteiger partial charge in [-0.1, -0.05) is 35.3 Å². The minimum absolute atomic E-state index is 0.0361. The van der Waals surface area contributed by atoms with E-state index >= 15 is 0 Å². The maximum absolute atomic E-state index is 13.7. The Morgan fingerprint density at radius 1 is 1.15 bits per heavy atom. The van der Waals surface area contributed by atoms with Crippen LogP contribution in [-0.4, -0.2) is 42.1 Å². The third-order valence-electron chi connectivity index (χ3n) is 5.73. The summed E-state index contributed by atoms with van der Waals surface area (Å²) in [5.74, 6) is -1.22. The highest BCUT2D eigenvalue weighted by atomic mass is 35.5. The van der Waals surface area contributed by atoms with Gasteiger partial charge < -0.3 is 14.4 Å². The number of fused-ring (bicyclic) bond motifs is 2. The molecule has 9 heteroatoms. The fourth-order valence-electron chi connectivity index (χ4n) is 4.07. The van der Waals surface area contributed by atoms with Gasteiger partial charge in [-0.15, -0.1) is 0 Å². The average molecular weight is 510 g/mol. The number of halogens is 4. The first kappa shape index (κ1) is 24.6. The molecule has 2 aromatic rings. The Morgan fingerprint density at radius 2 is 1.79 bits per heavy atom. The zero-order chi connectivity index (χ0) is 24.8. The van der Waals surface area contributed by atoms with Crippen LogP contribution in [0.25, 0.3) is 5.57 Å². The van der Waals surface area contributed by atoms with Gasteiger partial charge in [0.15, 0.2) is 11.6 Å². The SMILES string of the molecule is CC(C)(C)OC(=O)N1CC2(C1)OCc1cc(C(=O)/C=C(\CF)c3cc(Cl)c(F)c(Cl)c3)ccc12. The van der Waals surface area contributed by atoms with Gasteiger partial charge in [-0.05, 0) is 67.3 Å². The van der Waals surface area contributed by atoms with Gasteiger partial charge in [0.25, 0.3) is 0 Å². The van der Waals surface area contributed by atoms with Crippen molar-refractivity contribution in [3.63, 3.8) is 0 Å². The fourth-order valence-corrected chi connectivity index (χ4v) is 4.56. The van der Waals surface area contributed by atoms with Gasteiger partial charge in [-0.2, -0.15) is 0 Å². The van der Waals surface area contributed by atoms with Crippen molar-refractivity contribution in [1.29, 1.82) is 0 Å². The topological polar surface area (TPSA) is 55.8 Å². The van der Waals surface area contributed by atoms with E-state index in [1.807, 2.05) is 20.8 Å². The summed E-state index contributed by atoms with van der Waals surface area (Å²) in [6.45, 7) is 5.48. The highest BCUT2D eigenvalue weighted by Gasteiger charge is 2.52. The molecular formula is C25H23Cl2F2NO4. The largest absolute Gasteiger partial charge is 0.444 e. The van der Waals surface area contributed by atoms with Crippen LogP contribution in [0.1, 0.15) is 47.8 Å². The first-order valence-corrected chi connectivity index (χ1v) is 11.4. The van der Waals surface area contributed by atoms with Gasteiger partial charge in [0.2, 0.25) is 0 Å². The number of hydrogen-bond acceptors (Lipinski definition) is 4. The standard InChI is InChI=1S/C25H23Cl2F2NO4/c1-24(2,3)34-23(32)30-12-25(13-30)18-5-4-14(6-17(18)11-33-25)21(31)9-16(10-28)15-7-19(26)22(29)20(27)8-15/h4-9H,10-13H2,1-3H3/b16-9+. The van der Waals surface area contributed by atoms with Crippen LogP contribution in [0, 0.1) is 5.82 Å². The molecule has 0 aromatic heterocycles. The maximum atomic E-state index is 13.7. The van der Waals surface area contributed by atoms with E-state index in [0.717, 1.165) is 17.2 Å². The number of hydrogen-bond donors (Lipinski definition) is 0. The number of ether oxygens (including phenoxy) is 2. The number of allylic oxidation sites excluding steroid dienone is 2. The molecule has 1 fully saturated rings. The van der Waals surface area contributed by atoms with Crippen LogP contribution in [0.5, 0.6) is 0 Å². The van der Waals surface area contributed by atoms with Crippen molar-refractivity contribution in [2.45, 2.75) is 38.6 Å². The number of ketones is 1. The molecule has 0 radical (unpaired) electrons. The minimum Gasteiger partial charge on any atom is -0.444 e. The molecule has 180 valence electrons. The quantitative estimate of drug-likeness (QED) is 0.274. The third kappa shape index (κ3) is 4.69. The molecule has 1 spiro atoms. The summed E-state index contributed by atoms with van der Waals surface area (Å²) in [7, 11) is 0. The Morgan fingerprint density at radius 3 is 2.38 bits per heavy atom. The van der Waals surface area contributed by atoms with Gasteiger partial charge in [-0.3, -0.25) is 4.79 Å². The van der Waals surface area contributed by atoms with E-state index in [1.54, 1.807) is 23.1 Å². The number of alkyl halides is 1. The number of likely N-dealkylation sites (tertiary alicyclic amines) is 1. The van der Waals surface area contributed by atoms with Crippen molar-refractivity contribution in [2.75, 3.05) is 19.8 Å². The molecule has 0 saturated carbocycles. The van der Waals surface area contributed by atoms with Crippen molar-refractivity contribution in [2.24, 2.45) is 0 Å². The molecule has 1 saturated heterocycles. The predicted octanol–water partition coefficient (Wildman–Crippen LogP) is 6.34. The average Bonchev–Trinajstić information content (AvgIpc) is 3.12. The molecular weight excluding hydrogens is 487 g/mol. The molecule has 0 bridgehead atoms. The molecule has 0 unspecified atom stereocenters. The van der Waals surface area contributed by atoms with E-state index in [0.29, 0.717) is 25.3 Å². The number of carbonyl (C=O) groups is 2. The highest BCUT2D eigenvalue weighted by Crippen LogP contribution is 2.44. The van der Waals surface area contributed by atoms with Gasteiger partial charge in [0.1, 0.15) is 17.9 Å². The molecule has 2 aliphatic heterocycles. The van der Waals surface area contributed by atoms with E-state index < -0.39 is 35.6 Å². The fraction of sp³-hybridized carbons (Fsp3) is 0.360. The van der Waals surface area contributed by atoms with Crippen molar-refractivity contribution < 1.29 is 27.8 Å². The molecule has 5 nitrogen and oxygen atoms in total. The first-order chi connectivity index (χ1) is 15.9. The lowest BCUT2D eigenvalue weighted by atomic mass is 9.84. The minimum atomic E-state index is -0.957. The summed E-state index contributed by atoms with van der Waals surface area (Å²) in [4.78, 5) is 26.7. The smallest absolute Gasteiger partial charge is 0.410 e. The van der Waals surface area contributed by atoms with Gasteiger partial charge in [0.05, 0.1) is 29.7 Å². The first-order valence-electron chi connectivity index (χ1n) is 10.6.